The van der Waals surface area contributed by atoms with Crippen LogP contribution in [0.25, 0.3) is 44.2 Å². The Balaban J connectivity index is 1.86. The number of hydrogen-bond donors (Lipinski definition) is 0. The zero-order valence-electron chi connectivity index (χ0n) is 18.9. The van der Waals surface area contributed by atoms with E-state index in [-0.39, 0.29) is 5.56 Å². The van der Waals surface area contributed by atoms with E-state index in [1.54, 1.807) is 18.7 Å². The summed E-state index contributed by atoms with van der Waals surface area (Å²) >= 11 is 0. The van der Waals surface area contributed by atoms with Gasteiger partial charge in [-0.2, -0.15) is 0 Å². The van der Waals surface area contributed by atoms with E-state index in [4.69, 9.17) is 9.47 Å². The van der Waals surface area contributed by atoms with Crippen molar-refractivity contribution in [1.82, 2.24) is 9.03 Å². The van der Waals surface area contributed by atoms with Gasteiger partial charge in [-0.15, -0.1) is 0 Å². The lowest BCUT2D eigenvalue weighted by atomic mass is 9.95. The molecule has 5 heteroatoms. The Kier molecular flexibility index (Phi) is 4.62. The normalized spacial score (nSPS) is 11.4. The number of ether oxygens (including phenoxy) is 2. The molecule has 6 aromatic rings. The van der Waals surface area contributed by atoms with Crippen LogP contribution in [0, 0.1) is 0 Å². The summed E-state index contributed by atoms with van der Waals surface area (Å²) < 4.78 is 14.6. The molecule has 0 amide bonds. The first-order valence-electron chi connectivity index (χ1n) is 11.1. The molecule has 4 aromatic carbocycles. The van der Waals surface area contributed by atoms with Gasteiger partial charge in [-0.1, -0.05) is 42.5 Å². The summed E-state index contributed by atoms with van der Waals surface area (Å²) in [5, 5.41) is 1.73. The Morgan fingerprint density at radius 1 is 0.559 bits per heavy atom. The number of para-hydroxylation sites is 2. The van der Waals surface area contributed by atoms with E-state index in [1.807, 2.05) is 89.4 Å². The SMILES string of the molecule is COc1ccc(-c2c(-c3ccc(OC)cc3)n3c(=O)c4ccccc4n3c3ccccc23)cc1. The maximum absolute atomic E-state index is 13.8. The van der Waals surface area contributed by atoms with Gasteiger partial charge in [-0.25, -0.2) is 9.03 Å². The molecule has 0 aliphatic rings. The highest BCUT2D eigenvalue weighted by molar-refractivity contribution is 6.03. The van der Waals surface area contributed by atoms with Gasteiger partial charge in [0.2, 0.25) is 0 Å². The van der Waals surface area contributed by atoms with Crippen LogP contribution in [-0.2, 0) is 0 Å². The summed E-state index contributed by atoms with van der Waals surface area (Å²) in [5.41, 5.74) is 5.52. The molecule has 5 nitrogen and oxygen atoms in total. The lowest BCUT2D eigenvalue weighted by Crippen LogP contribution is -2.16. The third kappa shape index (κ3) is 2.90. The van der Waals surface area contributed by atoms with Crippen LogP contribution < -0.4 is 15.0 Å². The van der Waals surface area contributed by atoms with Gasteiger partial charge in [0, 0.05) is 16.5 Å². The number of aromatic nitrogens is 2. The van der Waals surface area contributed by atoms with Gasteiger partial charge in [-0.3, -0.25) is 4.79 Å². The average Bonchev–Trinajstić information content (AvgIpc) is 3.21. The highest BCUT2D eigenvalue weighted by Crippen LogP contribution is 2.39. The molecule has 0 aliphatic carbocycles. The summed E-state index contributed by atoms with van der Waals surface area (Å²) in [6, 6.07) is 31.8. The van der Waals surface area contributed by atoms with Crippen molar-refractivity contribution in [3.63, 3.8) is 0 Å². The van der Waals surface area contributed by atoms with E-state index in [1.165, 1.54) is 0 Å². The maximum atomic E-state index is 13.8. The molecule has 0 unspecified atom stereocenters. The molecule has 0 fully saturated rings. The molecule has 0 spiro atoms. The quantitative estimate of drug-likeness (QED) is 0.331. The second kappa shape index (κ2) is 7.81. The van der Waals surface area contributed by atoms with E-state index in [9.17, 15) is 4.79 Å². The highest BCUT2D eigenvalue weighted by Gasteiger charge is 2.21. The lowest BCUT2D eigenvalue weighted by molar-refractivity contribution is 0.414. The van der Waals surface area contributed by atoms with Crippen LogP contribution in [0.4, 0.5) is 0 Å². The number of methoxy groups -OCH3 is 2. The molecule has 0 bridgehead atoms. The largest absolute Gasteiger partial charge is 0.497 e. The van der Waals surface area contributed by atoms with E-state index in [0.717, 1.165) is 50.3 Å². The smallest absolute Gasteiger partial charge is 0.279 e. The number of hydrogen-bond acceptors (Lipinski definition) is 3. The van der Waals surface area contributed by atoms with Crippen LogP contribution in [-0.4, -0.2) is 23.3 Å². The highest BCUT2D eigenvalue weighted by atomic mass is 16.5. The van der Waals surface area contributed by atoms with Gasteiger partial charge < -0.3 is 9.47 Å². The Hall–Kier alpha value is -4.51. The molecule has 2 heterocycles. The van der Waals surface area contributed by atoms with Gasteiger partial charge in [0.15, 0.2) is 0 Å². The van der Waals surface area contributed by atoms with Crippen LogP contribution in [0.15, 0.2) is 102 Å². The zero-order valence-corrected chi connectivity index (χ0v) is 18.9. The third-order valence-corrected chi connectivity index (χ3v) is 6.35. The van der Waals surface area contributed by atoms with E-state index in [2.05, 4.69) is 12.1 Å². The summed E-state index contributed by atoms with van der Waals surface area (Å²) in [6.07, 6.45) is 0. The summed E-state index contributed by atoms with van der Waals surface area (Å²) in [5.74, 6) is 1.55. The zero-order chi connectivity index (χ0) is 23.2. The second-order valence-corrected chi connectivity index (χ2v) is 8.14. The van der Waals surface area contributed by atoms with Crippen molar-refractivity contribution in [2.75, 3.05) is 14.2 Å². The lowest BCUT2D eigenvalue weighted by Gasteiger charge is -2.18. The van der Waals surface area contributed by atoms with Crippen LogP contribution >= 0.6 is 0 Å². The van der Waals surface area contributed by atoms with Gasteiger partial charge >= 0.3 is 0 Å². The van der Waals surface area contributed by atoms with Crippen molar-refractivity contribution in [3.8, 4) is 33.9 Å². The minimum absolute atomic E-state index is 0.0538. The van der Waals surface area contributed by atoms with Crippen LogP contribution in [0.2, 0.25) is 0 Å². The molecular weight excluding hydrogens is 424 g/mol. The molecule has 0 N–H and O–H groups in total. The Morgan fingerprint density at radius 2 is 1.06 bits per heavy atom. The fourth-order valence-corrected chi connectivity index (χ4v) is 4.76. The molecule has 0 aliphatic heterocycles. The van der Waals surface area contributed by atoms with Crippen LogP contribution in [0.5, 0.6) is 11.5 Å². The Morgan fingerprint density at radius 3 is 1.65 bits per heavy atom. The molecule has 0 saturated carbocycles. The van der Waals surface area contributed by atoms with Crippen molar-refractivity contribution in [1.29, 1.82) is 0 Å². The average molecular weight is 447 g/mol. The van der Waals surface area contributed by atoms with Crippen molar-refractivity contribution < 1.29 is 9.47 Å². The molecular formula is C29H22N2O3. The first kappa shape index (κ1) is 20.1. The van der Waals surface area contributed by atoms with Gasteiger partial charge in [-0.05, 0) is 60.2 Å². The predicted octanol–water partition coefficient (Wildman–Crippen LogP) is 6.06. The van der Waals surface area contributed by atoms with E-state index >= 15 is 0 Å². The van der Waals surface area contributed by atoms with Crippen molar-refractivity contribution >= 4 is 21.8 Å². The summed E-state index contributed by atoms with van der Waals surface area (Å²) in [6.45, 7) is 0. The van der Waals surface area contributed by atoms with Crippen molar-refractivity contribution in [2.24, 2.45) is 0 Å². The molecule has 6 rings (SSSR count). The maximum Gasteiger partial charge on any atom is 0.279 e. The van der Waals surface area contributed by atoms with Crippen LogP contribution in [0.1, 0.15) is 0 Å². The molecule has 0 radical (unpaired) electrons. The number of fused-ring (bicyclic) bond motifs is 5. The first-order chi connectivity index (χ1) is 16.7. The van der Waals surface area contributed by atoms with Gasteiger partial charge in [0.05, 0.1) is 36.3 Å². The molecule has 34 heavy (non-hydrogen) atoms. The monoisotopic (exact) mass is 446 g/mol. The second-order valence-electron chi connectivity index (χ2n) is 8.14. The van der Waals surface area contributed by atoms with E-state index in [0.29, 0.717) is 5.39 Å². The summed E-state index contributed by atoms with van der Waals surface area (Å²) in [7, 11) is 3.31. The number of nitrogens with zero attached hydrogens (tertiary/aromatic N) is 2. The topological polar surface area (TPSA) is 44.3 Å². The molecule has 0 saturated heterocycles. The van der Waals surface area contributed by atoms with E-state index < -0.39 is 0 Å². The van der Waals surface area contributed by atoms with Crippen molar-refractivity contribution in [3.05, 3.63) is 107 Å². The minimum atomic E-state index is -0.0538. The van der Waals surface area contributed by atoms with Crippen molar-refractivity contribution in [2.45, 2.75) is 0 Å². The predicted molar refractivity (Wildman–Crippen MR) is 136 cm³/mol. The Bertz CT molecular complexity index is 1730. The standard InChI is InChI=1S/C29H22N2O3/c1-33-21-15-11-19(12-16-21)27-23-7-3-5-9-25(23)30-26-10-6-4-8-24(26)29(32)31(30)28(27)20-13-17-22(34-2)18-14-20/h3-18H,1-2H3. The fourth-order valence-electron chi connectivity index (χ4n) is 4.76. The third-order valence-electron chi connectivity index (χ3n) is 6.35. The number of rotatable bonds is 4. The molecule has 2 aromatic heterocycles. The number of benzene rings is 4. The molecule has 0 atom stereocenters. The fraction of sp³-hybridized carbons (Fsp3) is 0.0690. The Labute approximate surface area is 196 Å². The molecule has 166 valence electrons. The minimum Gasteiger partial charge on any atom is -0.497 e. The summed E-state index contributed by atoms with van der Waals surface area (Å²) in [4.78, 5) is 13.8. The van der Waals surface area contributed by atoms with Gasteiger partial charge in [0.1, 0.15) is 11.5 Å². The van der Waals surface area contributed by atoms with Crippen LogP contribution in [0.3, 0.4) is 0 Å². The first-order valence-corrected chi connectivity index (χ1v) is 11.1. The van der Waals surface area contributed by atoms with Gasteiger partial charge in [0.25, 0.3) is 5.56 Å².